The van der Waals surface area contributed by atoms with E-state index in [1.165, 1.54) is 7.11 Å². The average Bonchev–Trinajstić information content (AvgIpc) is 2.35. The van der Waals surface area contributed by atoms with Crippen molar-refractivity contribution in [3.63, 3.8) is 0 Å². The summed E-state index contributed by atoms with van der Waals surface area (Å²) in [5.74, 6) is -1.24. The van der Waals surface area contributed by atoms with Gasteiger partial charge in [-0.2, -0.15) is 0 Å². The van der Waals surface area contributed by atoms with Gasteiger partial charge in [0.2, 0.25) is 0 Å². The maximum absolute atomic E-state index is 11.2. The highest BCUT2D eigenvalue weighted by Gasteiger charge is 2.12. The van der Waals surface area contributed by atoms with Gasteiger partial charge >= 0.3 is 11.9 Å². The second-order valence-corrected chi connectivity index (χ2v) is 4.64. The first-order valence-corrected chi connectivity index (χ1v) is 6.00. The average molecular weight is 301 g/mol. The van der Waals surface area contributed by atoms with E-state index in [4.69, 9.17) is 5.11 Å². The van der Waals surface area contributed by atoms with Gasteiger partial charge in [0.25, 0.3) is 0 Å². The van der Waals surface area contributed by atoms with E-state index in [1.54, 1.807) is 24.3 Å². The number of hydrogen-bond acceptors (Lipinski definition) is 3. The molecule has 5 heteroatoms. The van der Waals surface area contributed by atoms with E-state index in [-0.39, 0.29) is 5.97 Å². The lowest BCUT2D eigenvalue weighted by molar-refractivity contribution is -0.136. The van der Waals surface area contributed by atoms with Crippen LogP contribution in [-0.4, -0.2) is 29.0 Å². The minimum Gasteiger partial charge on any atom is -0.480 e. The first kappa shape index (κ1) is 13.7. The van der Waals surface area contributed by atoms with Crippen LogP contribution in [0.3, 0.4) is 0 Å². The number of rotatable bonds is 5. The van der Waals surface area contributed by atoms with E-state index in [9.17, 15) is 9.59 Å². The highest BCUT2D eigenvalue weighted by Crippen LogP contribution is 2.12. The maximum atomic E-state index is 11.2. The largest absolute Gasteiger partial charge is 0.480 e. The highest BCUT2D eigenvalue weighted by molar-refractivity contribution is 9.10. The molecular weight excluding hydrogens is 288 g/mol. The summed E-state index contributed by atoms with van der Waals surface area (Å²) in [6.07, 6.45) is 1.15. The molecule has 0 heterocycles. The molecule has 1 unspecified atom stereocenters. The molecule has 1 rings (SSSR count). The Morgan fingerprint density at radius 3 is 2.41 bits per heavy atom. The molecule has 0 amide bonds. The molecule has 92 valence electrons. The van der Waals surface area contributed by atoms with Gasteiger partial charge in [-0.3, -0.25) is 4.79 Å². The zero-order chi connectivity index (χ0) is 12.8. The minimum atomic E-state index is -0.865. The number of carboxylic acids is 1. The van der Waals surface area contributed by atoms with E-state index in [0.717, 1.165) is 5.56 Å². The number of ether oxygens (including phenoxy) is 1. The minimum absolute atomic E-state index is 0.375. The smallest absolute Gasteiger partial charge is 0.337 e. The fraction of sp³-hybridized carbons (Fsp3) is 0.333. The second-order valence-electron chi connectivity index (χ2n) is 3.53. The molecule has 1 aromatic carbocycles. The fourth-order valence-corrected chi connectivity index (χ4v) is 1.57. The summed E-state index contributed by atoms with van der Waals surface area (Å²) < 4.78 is 4.58. The van der Waals surface area contributed by atoms with Crippen LogP contribution in [0.1, 0.15) is 22.3 Å². The van der Waals surface area contributed by atoms with Gasteiger partial charge in [0.1, 0.15) is 4.83 Å². The number of halogens is 1. The topological polar surface area (TPSA) is 63.6 Å². The van der Waals surface area contributed by atoms with Crippen molar-refractivity contribution in [2.45, 2.75) is 17.7 Å². The molecule has 0 aromatic heterocycles. The van der Waals surface area contributed by atoms with E-state index in [0.29, 0.717) is 18.4 Å². The molecule has 0 spiro atoms. The van der Waals surface area contributed by atoms with Crippen LogP contribution in [0.2, 0.25) is 0 Å². The zero-order valence-electron chi connectivity index (χ0n) is 9.35. The van der Waals surface area contributed by atoms with E-state index < -0.39 is 10.8 Å². The standard InChI is InChI=1S/C12H13BrO4/c1-17-12(16)9-5-2-8(3-6-9)4-7-10(13)11(14)15/h2-3,5-6,10H,4,7H2,1H3,(H,14,15). The summed E-state index contributed by atoms with van der Waals surface area (Å²) in [6, 6.07) is 6.94. The lowest BCUT2D eigenvalue weighted by atomic mass is 10.1. The molecule has 0 fully saturated rings. The van der Waals surface area contributed by atoms with Gasteiger partial charge in [-0.15, -0.1) is 0 Å². The van der Waals surface area contributed by atoms with Crippen molar-refractivity contribution in [3.8, 4) is 0 Å². The Bertz CT molecular complexity index is 399. The Kier molecular flexibility index (Phi) is 5.15. The summed E-state index contributed by atoms with van der Waals surface area (Å²) in [5, 5.41) is 8.70. The lowest BCUT2D eigenvalue weighted by Gasteiger charge is -2.05. The molecule has 0 radical (unpaired) electrons. The Morgan fingerprint density at radius 2 is 1.94 bits per heavy atom. The van der Waals surface area contributed by atoms with Crippen molar-refractivity contribution < 1.29 is 19.4 Å². The number of benzene rings is 1. The number of esters is 1. The number of hydrogen-bond donors (Lipinski definition) is 1. The molecule has 0 saturated carbocycles. The molecule has 0 saturated heterocycles. The fourth-order valence-electron chi connectivity index (χ4n) is 1.34. The number of carboxylic acid groups (broad SMARTS) is 1. The van der Waals surface area contributed by atoms with Crippen molar-refractivity contribution in [1.82, 2.24) is 0 Å². The van der Waals surface area contributed by atoms with Crippen LogP contribution in [0, 0.1) is 0 Å². The molecule has 4 nitrogen and oxygen atoms in total. The van der Waals surface area contributed by atoms with Crippen LogP contribution < -0.4 is 0 Å². The molecule has 1 N–H and O–H groups in total. The van der Waals surface area contributed by atoms with Gasteiger partial charge in [-0.25, -0.2) is 4.79 Å². The van der Waals surface area contributed by atoms with Crippen molar-refractivity contribution in [1.29, 1.82) is 0 Å². The van der Waals surface area contributed by atoms with Crippen LogP contribution in [0.4, 0.5) is 0 Å². The summed E-state index contributed by atoms with van der Waals surface area (Å²) in [5.41, 5.74) is 1.48. The van der Waals surface area contributed by atoms with Gasteiger partial charge in [-0.1, -0.05) is 28.1 Å². The van der Waals surface area contributed by atoms with Crippen LogP contribution in [0.25, 0.3) is 0 Å². The first-order valence-electron chi connectivity index (χ1n) is 5.08. The summed E-state index contributed by atoms with van der Waals surface area (Å²) in [6.45, 7) is 0. The maximum Gasteiger partial charge on any atom is 0.337 e. The molecule has 0 bridgehead atoms. The van der Waals surface area contributed by atoms with Gasteiger partial charge in [0, 0.05) is 0 Å². The predicted octanol–water partition coefficient (Wildman–Crippen LogP) is 2.25. The number of methoxy groups -OCH3 is 1. The highest BCUT2D eigenvalue weighted by atomic mass is 79.9. The van der Waals surface area contributed by atoms with Crippen molar-refractivity contribution in [2.24, 2.45) is 0 Å². The normalized spacial score (nSPS) is 11.9. The van der Waals surface area contributed by atoms with Gasteiger partial charge < -0.3 is 9.84 Å². The number of carbonyl (C=O) groups is 2. The van der Waals surface area contributed by atoms with E-state index in [1.807, 2.05) is 0 Å². The number of carbonyl (C=O) groups excluding carboxylic acids is 1. The van der Waals surface area contributed by atoms with Crippen LogP contribution in [0.15, 0.2) is 24.3 Å². The zero-order valence-corrected chi connectivity index (χ0v) is 10.9. The monoisotopic (exact) mass is 300 g/mol. The number of alkyl halides is 1. The summed E-state index contributed by atoms with van der Waals surface area (Å²) >= 11 is 3.07. The molecule has 0 aliphatic carbocycles. The Morgan fingerprint density at radius 1 is 1.35 bits per heavy atom. The van der Waals surface area contributed by atoms with E-state index in [2.05, 4.69) is 20.7 Å². The Labute approximate surface area is 108 Å². The van der Waals surface area contributed by atoms with Crippen LogP contribution >= 0.6 is 15.9 Å². The number of aryl methyl sites for hydroxylation is 1. The van der Waals surface area contributed by atoms with Crippen LogP contribution in [0.5, 0.6) is 0 Å². The van der Waals surface area contributed by atoms with Crippen LogP contribution in [-0.2, 0) is 16.0 Å². The van der Waals surface area contributed by atoms with Crippen molar-refractivity contribution in [3.05, 3.63) is 35.4 Å². The number of aliphatic carboxylic acids is 1. The van der Waals surface area contributed by atoms with Crippen molar-refractivity contribution in [2.75, 3.05) is 7.11 Å². The third-order valence-corrected chi connectivity index (χ3v) is 3.18. The van der Waals surface area contributed by atoms with Crippen molar-refractivity contribution >= 4 is 27.9 Å². The quantitative estimate of drug-likeness (QED) is 0.669. The summed E-state index contributed by atoms with van der Waals surface area (Å²) in [4.78, 5) is 21.2. The lowest BCUT2D eigenvalue weighted by Crippen LogP contribution is -2.13. The molecule has 17 heavy (non-hydrogen) atoms. The third kappa shape index (κ3) is 4.19. The molecular formula is C12H13BrO4. The Balaban J connectivity index is 2.57. The van der Waals surface area contributed by atoms with Gasteiger partial charge in [-0.05, 0) is 30.5 Å². The first-order chi connectivity index (χ1) is 8.04. The summed E-state index contributed by atoms with van der Waals surface area (Å²) in [7, 11) is 1.33. The van der Waals surface area contributed by atoms with Gasteiger partial charge in [0.05, 0.1) is 12.7 Å². The third-order valence-electron chi connectivity index (χ3n) is 2.33. The predicted molar refractivity (Wildman–Crippen MR) is 66.5 cm³/mol. The molecule has 0 aliphatic rings. The molecule has 1 atom stereocenters. The van der Waals surface area contributed by atoms with E-state index >= 15 is 0 Å². The molecule has 1 aromatic rings. The second kappa shape index (κ2) is 6.39. The SMILES string of the molecule is COC(=O)c1ccc(CCC(Br)C(=O)O)cc1. The molecule has 0 aliphatic heterocycles. The Hall–Kier alpha value is -1.36. The van der Waals surface area contributed by atoms with Gasteiger partial charge in [0.15, 0.2) is 0 Å².